The third-order valence-corrected chi connectivity index (χ3v) is 6.05. The summed E-state index contributed by atoms with van der Waals surface area (Å²) in [4.78, 5) is 5.94. The molecule has 0 radical (unpaired) electrons. The summed E-state index contributed by atoms with van der Waals surface area (Å²) in [5.41, 5.74) is 3.54. The molecule has 0 aliphatic heterocycles. The highest BCUT2D eigenvalue weighted by molar-refractivity contribution is 7.98. The van der Waals surface area contributed by atoms with Gasteiger partial charge in [-0.1, -0.05) is 48.0 Å². The molecule has 0 amide bonds. The lowest BCUT2D eigenvalue weighted by Crippen LogP contribution is -1.83. The Morgan fingerprint density at radius 2 is 1.79 bits per heavy atom. The largest absolute Gasteiger partial charge is 0.236 e. The molecular weight excluding hydrogens is 354 g/mol. The Kier molecular flexibility index (Phi) is 4.56. The molecule has 0 atom stereocenters. The molecule has 0 aliphatic rings. The number of fused-ring (bicyclic) bond motifs is 1. The maximum absolute atomic E-state index is 6.05. The first-order chi connectivity index (χ1) is 11.8. The van der Waals surface area contributed by atoms with Crippen LogP contribution in [0.15, 0.2) is 77.7 Å². The molecule has 1 aromatic heterocycles. The number of para-hydroxylation sites is 1. The first kappa shape index (κ1) is 15.7. The third-order valence-electron chi connectivity index (χ3n) is 3.67. The topological polar surface area (TPSA) is 12.9 Å². The Morgan fingerprint density at radius 1 is 0.917 bits per heavy atom. The molecule has 1 heterocycles. The quantitative estimate of drug-likeness (QED) is 0.363. The van der Waals surface area contributed by atoms with Crippen LogP contribution in [0, 0.1) is 0 Å². The predicted molar refractivity (Wildman–Crippen MR) is 106 cm³/mol. The van der Waals surface area contributed by atoms with E-state index in [-0.39, 0.29) is 0 Å². The Balaban J connectivity index is 1.57. The van der Waals surface area contributed by atoms with Crippen molar-refractivity contribution in [3.63, 3.8) is 0 Å². The number of halogens is 1. The van der Waals surface area contributed by atoms with Crippen LogP contribution in [-0.4, -0.2) is 4.98 Å². The minimum Gasteiger partial charge on any atom is -0.236 e. The highest BCUT2D eigenvalue weighted by Crippen LogP contribution is 2.32. The van der Waals surface area contributed by atoms with Gasteiger partial charge in [0.2, 0.25) is 0 Å². The van der Waals surface area contributed by atoms with Crippen LogP contribution in [0.3, 0.4) is 0 Å². The third kappa shape index (κ3) is 3.48. The van der Waals surface area contributed by atoms with Crippen LogP contribution in [0.5, 0.6) is 0 Å². The summed E-state index contributed by atoms with van der Waals surface area (Å²) in [6, 6.07) is 24.9. The Bertz CT molecular complexity index is 961. The van der Waals surface area contributed by atoms with Crippen molar-refractivity contribution in [2.45, 2.75) is 10.6 Å². The Morgan fingerprint density at radius 3 is 2.67 bits per heavy atom. The normalized spacial score (nSPS) is 11.0. The molecule has 3 aromatic carbocycles. The van der Waals surface area contributed by atoms with Crippen molar-refractivity contribution in [1.82, 2.24) is 4.98 Å². The van der Waals surface area contributed by atoms with Crippen LogP contribution in [0.1, 0.15) is 5.56 Å². The number of thiazole rings is 1. The van der Waals surface area contributed by atoms with E-state index in [2.05, 4.69) is 48.5 Å². The molecule has 4 aromatic rings. The lowest BCUT2D eigenvalue weighted by atomic mass is 10.1. The van der Waals surface area contributed by atoms with Gasteiger partial charge in [0.05, 0.1) is 10.2 Å². The van der Waals surface area contributed by atoms with Gasteiger partial charge in [-0.05, 0) is 42.0 Å². The molecule has 0 spiro atoms. The summed E-state index contributed by atoms with van der Waals surface area (Å²) in [7, 11) is 0. The molecule has 1 nitrogen and oxygen atoms in total. The maximum Gasteiger partial charge on any atom is 0.124 e. The molecule has 0 unspecified atom stereocenters. The average molecular weight is 368 g/mol. The number of thioether (sulfide) groups is 1. The van der Waals surface area contributed by atoms with E-state index in [0.29, 0.717) is 0 Å². The zero-order valence-corrected chi connectivity index (χ0v) is 15.2. The number of rotatable bonds is 4. The second-order valence-electron chi connectivity index (χ2n) is 5.43. The van der Waals surface area contributed by atoms with E-state index in [1.807, 2.05) is 24.3 Å². The van der Waals surface area contributed by atoms with Gasteiger partial charge in [0, 0.05) is 21.2 Å². The van der Waals surface area contributed by atoms with Gasteiger partial charge in [0.25, 0.3) is 0 Å². The molecule has 0 bridgehead atoms. The second-order valence-corrected chi connectivity index (χ2v) is 7.95. The SMILES string of the molecule is Clc1cccc(SCc2cccc(-c3nc4ccccc4s3)c2)c1. The summed E-state index contributed by atoms with van der Waals surface area (Å²) in [5, 5.41) is 1.86. The number of nitrogens with zero attached hydrogens (tertiary/aromatic N) is 1. The van der Waals surface area contributed by atoms with Crippen molar-refractivity contribution in [2.75, 3.05) is 0 Å². The van der Waals surface area contributed by atoms with Gasteiger partial charge in [-0.3, -0.25) is 0 Å². The molecule has 0 N–H and O–H groups in total. The van der Waals surface area contributed by atoms with Crippen LogP contribution in [0.4, 0.5) is 0 Å². The van der Waals surface area contributed by atoms with E-state index in [4.69, 9.17) is 16.6 Å². The summed E-state index contributed by atoms with van der Waals surface area (Å²) in [5.74, 6) is 0.916. The molecule has 0 fully saturated rings. The maximum atomic E-state index is 6.05. The molecule has 118 valence electrons. The van der Waals surface area contributed by atoms with Crippen molar-refractivity contribution in [1.29, 1.82) is 0 Å². The molecule has 0 saturated heterocycles. The van der Waals surface area contributed by atoms with E-state index in [1.165, 1.54) is 20.7 Å². The number of hydrogen-bond donors (Lipinski definition) is 0. The first-order valence-corrected chi connectivity index (χ1v) is 9.79. The number of benzene rings is 3. The van der Waals surface area contributed by atoms with E-state index >= 15 is 0 Å². The summed E-state index contributed by atoms with van der Waals surface area (Å²) in [6.07, 6.45) is 0. The lowest BCUT2D eigenvalue weighted by molar-refractivity contribution is 1.37. The van der Waals surface area contributed by atoms with Crippen LogP contribution in [0.25, 0.3) is 20.8 Å². The van der Waals surface area contributed by atoms with Gasteiger partial charge in [0.15, 0.2) is 0 Å². The van der Waals surface area contributed by atoms with Crippen LogP contribution in [-0.2, 0) is 5.75 Å². The van der Waals surface area contributed by atoms with Crippen LogP contribution in [0.2, 0.25) is 5.02 Å². The zero-order chi connectivity index (χ0) is 16.4. The van der Waals surface area contributed by atoms with Crippen LogP contribution < -0.4 is 0 Å². The minimum absolute atomic E-state index is 0.781. The van der Waals surface area contributed by atoms with Gasteiger partial charge < -0.3 is 0 Å². The minimum atomic E-state index is 0.781. The molecule has 0 aliphatic carbocycles. The lowest BCUT2D eigenvalue weighted by Gasteiger charge is -2.04. The number of hydrogen-bond acceptors (Lipinski definition) is 3. The average Bonchev–Trinajstić information content (AvgIpc) is 3.05. The van der Waals surface area contributed by atoms with Crippen molar-refractivity contribution < 1.29 is 0 Å². The molecular formula is C20H14ClNS2. The zero-order valence-electron chi connectivity index (χ0n) is 12.8. The van der Waals surface area contributed by atoms with Crippen molar-refractivity contribution in [2.24, 2.45) is 0 Å². The fraction of sp³-hybridized carbons (Fsp3) is 0.0500. The smallest absolute Gasteiger partial charge is 0.124 e. The van der Waals surface area contributed by atoms with E-state index in [1.54, 1.807) is 23.1 Å². The number of aromatic nitrogens is 1. The van der Waals surface area contributed by atoms with Gasteiger partial charge >= 0.3 is 0 Å². The van der Waals surface area contributed by atoms with Crippen molar-refractivity contribution in [3.05, 3.63) is 83.4 Å². The molecule has 24 heavy (non-hydrogen) atoms. The predicted octanol–water partition coefficient (Wildman–Crippen LogP) is 6.91. The highest BCUT2D eigenvalue weighted by atomic mass is 35.5. The summed E-state index contributed by atoms with van der Waals surface area (Å²) in [6.45, 7) is 0. The van der Waals surface area contributed by atoms with Gasteiger partial charge in [-0.25, -0.2) is 4.98 Å². The standard InChI is InChI=1S/C20H14ClNS2/c21-16-7-4-8-17(12-16)23-13-14-5-3-6-15(11-14)20-22-18-9-1-2-10-19(18)24-20/h1-12H,13H2. The Labute approximate surface area is 154 Å². The highest BCUT2D eigenvalue weighted by Gasteiger charge is 2.07. The summed E-state index contributed by atoms with van der Waals surface area (Å²) < 4.78 is 1.23. The monoisotopic (exact) mass is 367 g/mol. The van der Waals surface area contributed by atoms with Gasteiger partial charge in [-0.15, -0.1) is 23.1 Å². The van der Waals surface area contributed by atoms with E-state index < -0.39 is 0 Å². The molecule has 4 heteroatoms. The molecule has 0 saturated carbocycles. The Hall–Kier alpha value is -1.81. The van der Waals surface area contributed by atoms with E-state index in [0.717, 1.165) is 21.3 Å². The first-order valence-electron chi connectivity index (χ1n) is 7.61. The summed E-state index contributed by atoms with van der Waals surface area (Å²) >= 11 is 9.59. The van der Waals surface area contributed by atoms with Gasteiger partial charge in [0.1, 0.15) is 5.01 Å². The van der Waals surface area contributed by atoms with Crippen LogP contribution >= 0.6 is 34.7 Å². The fourth-order valence-electron chi connectivity index (χ4n) is 2.51. The van der Waals surface area contributed by atoms with E-state index in [9.17, 15) is 0 Å². The van der Waals surface area contributed by atoms with Gasteiger partial charge in [-0.2, -0.15) is 0 Å². The second kappa shape index (κ2) is 6.98. The van der Waals surface area contributed by atoms with Crippen molar-refractivity contribution in [3.8, 4) is 10.6 Å². The molecule has 4 rings (SSSR count). The fourth-order valence-corrected chi connectivity index (χ4v) is 4.63. The van der Waals surface area contributed by atoms with Crippen molar-refractivity contribution >= 4 is 44.9 Å².